The van der Waals surface area contributed by atoms with Gasteiger partial charge in [-0.3, -0.25) is 4.98 Å². The second-order valence-corrected chi connectivity index (χ2v) is 4.46. The molecule has 1 unspecified atom stereocenters. The van der Waals surface area contributed by atoms with Crippen molar-refractivity contribution in [3.8, 4) is 5.88 Å². The lowest BCUT2D eigenvalue weighted by molar-refractivity contribution is 0.397. The maximum absolute atomic E-state index is 5.06. The van der Waals surface area contributed by atoms with E-state index in [1.807, 2.05) is 31.7 Å². The van der Waals surface area contributed by atoms with Crippen LogP contribution in [0.5, 0.6) is 5.88 Å². The fraction of sp³-hybridized carbons (Fsp3) is 0.333. The summed E-state index contributed by atoms with van der Waals surface area (Å²) in [4.78, 5) is 8.27. The molecule has 0 fully saturated rings. The van der Waals surface area contributed by atoms with E-state index in [0.717, 1.165) is 12.8 Å². The van der Waals surface area contributed by atoms with Gasteiger partial charge in [-0.25, -0.2) is 4.98 Å². The molecular formula is C15H19N3O. The number of hydrogen-bond acceptors (Lipinski definition) is 4. The number of hydrogen-bond donors (Lipinski definition) is 1. The minimum absolute atomic E-state index is 0.387. The Bertz CT molecular complexity index is 485. The molecule has 0 aliphatic carbocycles. The molecule has 2 aromatic rings. The van der Waals surface area contributed by atoms with E-state index >= 15 is 0 Å². The van der Waals surface area contributed by atoms with E-state index in [9.17, 15) is 0 Å². The zero-order chi connectivity index (χ0) is 13.5. The molecule has 2 heterocycles. The molecule has 0 radical (unpaired) electrons. The average Bonchev–Trinajstić information content (AvgIpc) is 2.48. The topological polar surface area (TPSA) is 47.0 Å². The number of ether oxygens (including phenoxy) is 1. The van der Waals surface area contributed by atoms with Crippen molar-refractivity contribution in [3.63, 3.8) is 0 Å². The predicted octanol–water partition coefficient (Wildman–Crippen LogP) is 1.86. The number of pyridine rings is 2. The Morgan fingerprint density at radius 2 is 1.84 bits per heavy atom. The molecule has 0 aromatic carbocycles. The molecule has 0 bridgehead atoms. The van der Waals surface area contributed by atoms with Crippen LogP contribution >= 0.6 is 0 Å². The molecule has 0 spiro atoms. The van der Waals surface area contributed by atoms with Crippen molar-refractivity contribution in [2.75, 3.05) is 14.2 Å². The second-order valence-electron chi connectivity index (χ2n) is 4.46. The van der Waals surface area contributed by atoms with Gasteiger partial charge in [0.15, 0.2) is 0 Å². The molecule has 0 aliphatic rings. The van der Waals surface area contributed by atoms with Gasteiger partial charge in [-0.05, 0) is 43.1 Å². The highest BCUT2D eigenvalue weighted by Crippen LogP contribution is 2.11. The Morgan fingerprint density at radius 1 is 1.11 bits per heavy atom. The van der Waals surface area contributed by atoms with E-state index in [2.05, 4.69) is 33.5 Å². The lowest BCUT2D eigenvalue weighted by Gasteiger charge is -2.16. The second kappa shape index (κ2) is 6.85. The largest absolute Gasteiger partial charge is 0.481 e. The number of nitrogens with one attached hydrogen (secondary N) is 1. The Labute approximate surface area is 113 Å². The van der Waals surface area contributed by atoms with Crippen LogP contribution in [0.3, 0.4) is 0 Å². The molecule has 100 valence electrons. The van der Waals surface area contributed by atoms with Gasteiger partial charge in [-0.15, -0.1) is 0 Å². The molecule has 4 nitrogen and oxygen atoms in total. The predicted molar refractivity (Wildman–Crippen MR) is 75.3 cm³/mol. The van der Waals surface area contributed by atoms with Crippen LogP contribution in [0.15, 0.2) is 42.9 Å². The summed E-state index contributed by atoms with van der Waals surface area (Å²) in [6.07, 6.45) is 7.45. The summed E-state index contributed by atoms with van der Waals surface area (Å²) in [6, 6.07) is 8.45. The Balaban J connectivity index is 1.98. The summed E-state index contributed by atoms with van der Waals surface area (Å²) in [5, 5.41) is 3.35. The van der Waals surface area contributed by atoms with Crippen molar-refractivity contribution in [1.29, 1.82) is 0 Å². The SMILES string of the molecule is CNC(Cc1ccncc1)Cc1ccc(OC)nc1. The first kappa shape index (κ1) is 13.5. The number of nitrogens with zero attached hydrogens (tertiary/aromatic N) is 2. The molecule has 2 rings (SSSR count). The minimum atomic E-state index is 0.387. The van der Waals surface area contributed by atoms with Crippen molar-refractivity contribution >= 4 is 0 Å². The van der Waals surface area contributed by atoms with Gasteiger partial charge in [0.1, 0.15) is 0 Å². The Hall–Kier alpha value is -1.94. The zero-order valence-electron chi connectivity index (χ0n) is 11.3. The molecule has 2 aromatic heterocycles. The minimum Gasteiger partial charge on any atom is -0.481 e. The van der Waals surface area contributed by atoms with Crippen LogP contribution in [0.25, 0.3) is 0 Å². The van der Waals surface area contributed by atoms with Gasteiger partial charge >= 0.3 is 0 Å². The zero-order valence-corrected chi connectivity index (χ0v) is 11.3. The summed E-state index contributed by atoms with van der Waals surface area (Å²) in [7, 11) is 3.62. The fourth-order valence-corrected chi connectivity index (χ4v) is 2.02. The van der Waals surface area contributed by atoms with Crippen molar-refractivity contribution in [2.24, 2.45) is 0 Å². The maximum atomic E-state index is 5.06. The molecule has 4 heteroatoms. The smallest absolute Gasteiger partial charge is 0.212 e. The number of aromatic nitrogens is 2. The van der Waals surface area contributed by atoms with Crippen molar-refractivity contribution in [1.82, 2.24) is 15.3 Å². The van der Waals surface area contributed by atoms with Crippen LogP contribution in [-0.4, -0.2) is 30.2 Å². The Kier molecular flexibility index (Phi) is 4.86. The number of rotatable bonds is 6. The summed E-state index contributed by atoms with van der Waals surface area (Å²) >= 11 is 0. The van der Waals surface area contributed by atoms with Gasteiger partial charge in [0.2, 0.25) is 5.88 Å². The molecule has 1 atom stereocenters. The fourth-order valence-electron chi connectivity index (χ4n) is 2.02. The third-order valence-corrected chi connectivity index (χ3v) is 3.13. The number of methoxy groups -OCH3 is 1. The van der Waals surface area contributed by atoms with Gasteiger partial charge in [-0.1, -0.05) is 6.07 Å². The van der Waals surface area contributed by atoms with Gasteiger partial charge in [-0.2, -0.15) is 0 Å². The lowest BCUT2D eigenvalue weighted by atomic mass is 10.0. The molecule has 1 N–H and O–H groups in total. The van der Waals surface area contributed by atoms with E-state index in [1.165, 1.54) is 11.1 Å². The highest BCUT2D eigenvalue weighted by molar-refractivity contribution is 5.20. The van der Waals surface area contributed by atoms with Gasteiger partial charge in [0, 0.05) is 30.7 Å². The van der Waals surface area contributed by atoms with E-state index in [4.69, 9.17) is 4.74 Å². The number of likely N-dealkylation sites (N-methyl/N-ethyl adjacent to an activating group) is 1. The Morgan fingerprint density at radius 3 is 2.42 bits per heavy atom. The van der Waals surface area contributed by atoms with Gasteiger partial charge < -0.3 is 10.1 Å². The summed E-state index contributed by atoms with van der Waals surface area (Å²) < 4.78 is 5.06. The van der Waals surface area contributed by atoms with Crippen LogP contribution < -0.4 is 10.1 Å². The lowest BCUT2D eigenvalue weighted by Crippen LogP contribution is -2.29. The molecular weight excluding hydrogens is 238 g/mol. The van der Waals surface area contributed by atoms with Gasteiger partial charge in [0.05, 0.1) is 7.11 Å². The van der Waals surface area contributed by atoms with E-state index in [0.29, 0.717) is 11.9 Å². The van der Waals surface area contributed by atoms with E-state index in [1.54, 1.807) is 7.11 Å². The van der Waals surface area contributed by atoms with Crippen LogP contribution in [-0.2, 0) is 12.8 Å². The van der Waals surface area contributed by atoms with Crippen LogP contribution in [0.1, 0.15) is 11.1 Å². The van der Waals surface area contributed by atoms with Crippen LogP contribution in [0, 0.1) is 0 Å². The maximum Gasteiger partial charge on any atom is 0.212 e. The summed E-state index contributed by atoms with van der Waals surface area (Å²) in [5.74, 6) is 0.652. The first-order chi connectivity index (χ1) is 9.31. The standard InChI is InChI=1S/C15H19N3O/c1-16-14(9-12-5-7-17-8-6-12)10-13-3-4-15(19-2)18-11-13/h3-8,11,14,16H,9-10H2,1-2H3. The highest BCUT2D eigenvalue weighted by Gasteiger charge is 2.08. The quantitative estimate of drug-likeness (QED) is 0.858. The molecule has 19 heavy (non-hydrogen) atoms. The van der Waals surface area contributed by atoms with Gasteiger partial charge in [0.25, 0.3) is 0 Å². The third-order valence-electron chi connectivity index (χ3n) is 3.13. The molecule has 0 saturated carbocycles. The highest BCUT2D eigenvalue weighted by atomic mass is 16.5. The third kappa shape index (κ3) is 4.03. The van der Waals surface area contributed by atoms with Crippen LogP contribution in [0.2, 0.25) is 0 Å². The average molecular weight is 257 g/mol. The van der Waals surface area contributed by atoms with E-state index < -0.39 is 0 Å². The first-order valence-electron chi connectivity index (χ1n) is 6.37. The molecule has 0 aliphatic heterocycles. The van der Waals surface area contributed by atoms with Crippen molar-refractivity contribution in [2.45, 2.75) is 18.9 Å². The molecule has 0 saturated heterocycles. The monoisotopic (exact) mass is 257 g/mol. The summed E-state index contributed by atoms with van der Waals surface area (Å²) in [6.45, 7) is 0. The van der Waals surface area contributed by atoms with Crippen molar-refractivity contribution in [3.05, 3.63) is 54.0 Å². The normalized spacial score (nSPS) is 12.1. The summed E-state index contributed by atoms with van der Waals surface area (Å²) in [5.41, 5.74) is 2.49. The first-order valence-corrected chi connectivity index (χ1v) is 6.37. The van der Waals surface area contributed by atoms with Crippen LogP contribution in [0.4, 0.5) is 0 Å². The van der Waals surface area contributed by atoms with E-state index in [-0.39, 0.29) is 0 Å². The molecule has 0 amide bonds. The van der Waals surface area contributed by atoms with Crippen molar-refractivity contribution < 1.29 is 4.74 Å².